The van der Waals surface area contributed by atoms with Crippen molar-refractivity contribution < 1.29 is 9.53 Å². The molecule has 2 aromatic carbocycles. The van der Waals surface area contributed by atoms with Crippen LogP contribution in [0.2, 0.25) is 0 Å². The molecule has 2 nitrogen and oxygen atoms in total. The summed E-state index contributed by atoms with van der Waals surface area (Å²) in [5.41, 5.74) is 4.67. The Morgan fingerprint density at radius 3 is 2.45 bits per heavy atom. The zero-order valence-corrected chi connectivity index (χ0v) is 13.3. The summed E-state index contributed by atoms with van der Waals surface area (Å²) in [5, 5.41) is 0. The number of hydrogen-bond acceptors (Lipinski definition) is 2. The summed E-state index contributed by atoms with van der Waals surface area (Å²) in [6.45, 7) is 4.57. The van der Waals surface area contributed by atoms with Gasteiger partial charge in [0.05, 0.1) is 7.11 Å². The molecule has 2 aliphatic rings. The molecule has 0 aliphatic heterocycles. The van der Waals surface area contributed by atoms with Crippen molar-refractivity contribution in [1.82, 2.24) is 0 Å². The normalized spacial score (nSPS) is 24.4. The number of methoxy groups -OCH3 is 1. The van der Waals surface area contributed by atoms with Crippen LogP contribution in [0, 0.1) is 0 Å². The van der Waals surface area contributed by atoms with Gasteiger partial charge in [0.15, 0.2) is 5.78 Å². The van der Waals surface area contributed by atoms with E-state index in [2.05, 4.69) is 44.2 Å². The first kappa shape index (κ1) is 13.6. The molecule has 4 rings (SSSR count). The molecule has 2 aliphatic carbocycles. The second-order valence-corrected chi connectivity index (χ2v) is 7.20. The van der Waals surface area contributed by atoms with Crippen molar-refractivity contribution in [3.63, 3.8) is 0 Å². The van der Waals surface area contributed by atoms with Gasteiger partial charge >= 0.3 is 0 Å². The molecular formula is C20H20O2. The van der Waals surface area contributed by atoms with Crippen LogP contribution in [-0.2, 0) is 10.8 Å². The van der Waals surface area contributed by atoms with Crippen molar-refractivity contribution in [2.24, 2.45) is 0 Å². The van der Waals surface area contributed by atoms with E-state index >= 15 is 0 Å². The molecule has 0 aromatic heterocycles. The van der Waals surface area contributed by atoms with Crippen LogP contribution in [0.25, 0.3) is 0 Å². The van der Waals surface area contributed by atoms with E-state index in [1.807, 2.05) is 12.1 Å². The highest BCUT2D eigenvalue weighted by molar-refractivity contribution is 6.03. The monoisotopic (exact) mass is 292 g/mol. The molecule has 0 amide bonds. The topological polar surface area (TPSA) is 26.3 Å². The van der Waals surface area contributed by atoms with E-state index in [9.17, 15) is 4.79 Å². The van der Waals surface area contributed by atoms with Crippen LogP contribution in [0.5, 0.6) is 5.75 Å². The number of carbonyl (C=O) groups excluding carboxylic acids is 1. The first-order valence-corrected chi connectivity index (χ1v) is 7.80. The third-order valence-corrected chi connectivity index (χ3v) is 5.42. The van der Waals surface area contributed by atoms with Gasteiger partial charge in [0.25, 0.3) is 0 Å². The molecule has 0 saturated heterocycles. The standard InChI is InChI=1S/C20H20O2/c1-19(2)12-20(17-7-5-4-6-16(17)19)11-18(21)14-10-13(22-3)8-9-15(14)20/h4-10H,11-12H2,1-3H3. The fraction of sp³-hybridized carbons (Fsp3) is 0.350. The van der Waals surface area contributed by atoms with Gasteiger partial charge in [-0.25, -0.2) is 0 Å². The molecular weight excluding hydrogens is 272 g/mol. The summed E-state index contributed by atoms with van der Waals surface area (Å²) in [7, 11) is 1.64. The van der Waals surface area contributed by atoms with Crippen molar-refractivity contribution in [3.05, 3.63) is 64.7 Å². The summed E-state index contributed by atoms with van der Waals surface area (Å²) < 4.78 is 5.30. The van der Waals surface area contributed by atoms with Gasteiger partial charge in [-0.15, -0.1) is 0 Å². The number of hydrogen-bond donors (Lipinski definition) is 0. The Balaban J connectivity index is 1.98. The van der Waals surface area contributed by atoms with Crippen LogP contribution >= 0.6 is 0 Å². The van der Waals surface area contributed by atoms with Crippen molar-refractivity contribution in [2.75, 3.05) is 7.11 Å². The van der Waals surface area contributed by atoms with E-state index in [1.165, 1.54) is 16.7 Å². The van der Waals surface area contributed by atoms with Gasteiger partial charge in [-0.05, 0) is 40.7 Å². The van der Waals surface area contributed by atoms with E-state index in [0.29, 0.717) is 6.42 Å². The summed E-state index contributed by atoms with van der Waals surface area (Å²) in [6, 6.07) is 14.6. The molecule has 2 aromatic rings. The fourth-order valence-corrected chi connectivity index (χ4v) is 4.60. The second-order valence-electron chi connectivity index (χ2n) is 7.20. The molecule has 0 bridgehead atoms. The Labute approximate surface area is 131 Å². The van der Waals surface area contributed by atoms with E-state index in [-0.39, 0.29) is 16.6 Å². The maximum Gasteiger partial charge on any atom is 0.164 e. The average molecular weight is 292 g/mol. The molecule has 0 N–H and O–H groups in total. The van der Waals surface area contributed by atoms with E-state index in [4.69, 9.17) is 4.74 Å². The molecule has 0 radical (unpaired) electrons. The number of ether oxygens (including phenoxy) is 1. The summed E-state index contributed by atoms with van der Waals surface area (Å²) in [4.78, 5) is 12.7. The van der Waals surface area contributed by atoms with Crippen molar-refractivity contribution >= 4 is 5.78 Å². The average Bonchev–Trinajstić information content (AvgIpc) is 2.92. The molecule has 1 atom stereocenters. The maximum absolute atomic E-state index is 12.7. The van der Waals surface area contributed by atoms with Crippen LogP contribution in [-0.4, -0.2) is 12.9 Å². The first-order chi connectivity index (χ1) is 10.5. The van der Waals surface area contributed by atoms with Gasteiger partial charge in [0.2, 0.25) is 0 Å². The van der Waals surface area contributed by atoms with Crippen molar-refractivity contribution in [1.29, 1.82) is 0 Å². The minimum absolute atomic E-state index is 0.0956. The van der Waals surface area contributed by atoms with Gasteiger partial charge in [0.1, 0.15) is 5.75 Å². The Kier molecular flexibility index (Phi) is 2.60. The van der Waals surface area contributed by atoms with Crippen LogP contribution in [0.3, 0.4) is 0 Å². The number of benzene rings is 2. The molecule has 2 heteroatoms. The van der Waals surface area contributed by atoms with Crippen LogP contribution in [0.4, 0.5) is 0 Å². The maximum atomic E-state index is 12.7. The third kappa shape index (κ3) is 1.58. The molecule has 112 valence electrons. The molecule has 0 fully saturated rings. The number of rotatable bonds is 1. The number of carbonyl (C=O) groups is 1. The molecule has 22 heavy (non-hydrogen) atoms. The number of fused-ring (bicyclic) bond motifs is 4. The van der Waals surface area contributed by atoms with Crippen LogP contribution in [0.15, 0.2) is 42.5 Å². The Bertz CT molecular complexity index is 788. The minimum atomic E-state index is -0.154. The third-order valence-electron chi connectivity index (χ3n) is 5.42. The zero-order chi connectivity index (χ0) is 15.5. The Hall–Kier alpha value is -2.09. The number of ketones is 1. The lowest BCUT2D eigenvalue weighted by molar-refractivity contribution is 0.0977. The van der Waals surface area contributed by atoms with Crippen molar-refractivity contribution in [2.45, 2.75) is 37.5 Å². The van der Waals surface area contributed by atoms with Gasteiger partial charge in [-0.1, -0.05) is 44.2 Å². The highest BCUT2D eigenvalue weighted by atomic mass is 16.5. The Morgan fingerprint density at radius 1 is 1.00 bits per heavy atom. The molecule has 1 unspecified atom stereocenters. The van der Waals surface area contributed by atoms with Crippen LogP contribution in [0.1, 0.15) is 53.7 Å². The lowest BCUT2D eigenvalue weighted by atomic mass is 9.74. The first-order valence-electron chi connectivity index (χ1n) is 7.80. The van der Waals surface area contributed by atoms with E-state index in [0.717, 1.165) is 17.7 Å². The van der Waals surface area contributed by atoms with Gasteiger partial charge in [-0.2, -0.15) is 0 Å². The van der Waals surface area contributed by atoms with E-state index < -0.39 is 0 Å². The minimum Gasteiger partial charge on any atom is -0.497 e. The fourth-order valence-electron chi connectivity index (χ4n) is 4.60. The summed E-state index contributed by atoms with van der Waals surface area (Å²) in [6.07, 6.45) is 1.57. The molecule has 1 spiro atoms. The lowest BCUT2D eigenvalue weighted by Crippen LogP contribution is -2.24. The molecule has 0 saturated carbocycles. The summed E-state index contributed by atoms with van der Waals surface area (Å²) >= 11 is 0. The number of Topliss-reactive ketones (excluding diaryl/α,β-unsaturated/α-hetero) is 1. The second kappa shape index (κ2) is 4.22. The van der Waals surface area contributed by atoms with Gasteiger partial charge < -0.3 is 4.74 Å². The summed E-state index contributed by atoms with van der Waals surface area (Å²) in [5.74, 6) is 0.996. The zero-order valence-electron chi connectivity index (χ0n) is 13.3. The smallest absolute Gasteiger partial charge is 0.164 e. The quantitative estimate of drug-likeness (QED) is 0.785. The predicted molar refractivity (Wildman–Crippen MR) is 86.8 cm³/mol. The van der Waals surface area contributed by atoms with Crippen LogP contribution < -0.4 is 4.74 Å². The van der Waals surface area contributed by atoms with Crippen molar-refractivity contribution in [3.8, 4) is 5.75 Å². The predicted octanol–water partition coefficient (Wildman–Crippen LogP) is 4.25. The SMILES string of the molecule is COc1ccc2c(c1)C(=O)CC21CC(C)(C)c2ccccc21. The van der Waals surface area contributed by atoms with Gasteiger partial charge in [-0.3, -0.25) is 4.79 Å². The van der Waals surface area contributed by atoms with Gasteiger partial charge in [0, 0.05) is 17.4 Å². The van der Waals surface area contributed by atoms with E-state index in [1.54, 1.807) is 7.11 Å². The Morgan fingerprint density at radius 2 is 1.73 bits per heavy atom. The highest BCUT2D eigenvalue weighted by Crippen LogP contribution is 2.58. The molecule has 0 heterocycles. The lowest BCUT2D eigenvalue weighted by Gasteiger charge is -2.28. The largest absolute Gasteiger partial charge is 0.497 e. The highest BCUT2D eigenvalue weighted by Gasteiger charge is 2.53.